The Bertz CT molecular complexity index is 1820. The number of rotatable bonds is 52. The quantitative estimate of drug-likeness (QED) is 0.0500. The average molecular weight is 1160 g/mol. The molecule has 0 saturated heterocycles. The molecule has 1 aliphatic heterocycles. The summed E-state index contributed by atoms with van der Waals surface area (Å²) in [7, 11) is 0. The van der Waals surface area contributed by atoms with Gasteiger partial charge in [-0.25, -0.2) is 0 Å². The van der Waals surface area contributed by atoms with Crippen LogP contribution in [-0.4, -0.2) is 50.5 Å². The number of aromatic nitrogens is 1. The van der Waals surface area contributed by atoms with Crippen molar-refractivity contribution < 1.29 is 24.6 Å². The lowest BCUT2D eigenvalue weighted by atomic mass is 9.61. The first kappa shape index (κ1) is 72.7. The summed E-state index contributed by atoms with van der Waals surface area (Å²) >= 11 is 0. The van der Waals surface area contributed by atoms with Gasteiger partial charge in [-0.3, -0.25) is 23.9 Å². The zero-order valence-corrected chi connectivity index (χ0v) is 55.6. The predicted molar refractivity (Wildman–Crippen MR) is 354 cm³/mol. The summed E-state index contributed by atoms with van der Waals surface area (Å²) in [4.78, 5) is 40.0. The molecule has 0 spiro atoms. The molecule has 8 atom stereocenters. The number of carbonyl (C=O) groups excluding carboxylic acids is 3. The Labute approximate surface area is 513 Å². The van der Waals surface area contributed by atoms with Gasteiger partial charge in [0.15, 0.2) is 5.88 Å². The standard InChI is InChI=1S/C75H135N3O5/c1-7-11-15-19-28-39-49-68-64(45-35-17-13-9-3)53-52-62(5)67(68)48-38-30-22-25-32-42-58-76(63(6)79)71-61-74(82)78(75(71)83)60-44-34-26-23-31-41-51-70-66(47-37-27-21-24-33-43-59-77-72(80)56-57-73(77)81)55-54-65(46-36-18-14-10-4)69(70)50-40-29-20-16-12-8-2/h56-57,61-62,64-70,82-83H,7-55,58-60H2,1-6H3. The van der Waals surface area contributed by atoms with E-state index in [0.29, 0.717) is 25.3 Å². The molecule has 2 saturated carbocycles. The van der Waals surface area contributed by atoms with E-state index < -0.39 is 0 Å². The average Bonchev–Trinajstić information content (AvgIpc) is 4.04. The van der Waals surface area contributed by atoms with Crippen LogP contribution in [0.15, 0.2) is 18.2 Å². The third kappa shape index (κ3) is 28.3. The largest absolute Gasteiger partial charge is 0.494 e. The molecule has 1 aromatic heterocycles. The van der Waals surface area contributed by atoms with Gasteiger partial charge in [-0.05, 0) is 112 Å². The molecule has 1 aromatic rings. The maximum atomic E-state index is 13.0. The third-order valence-electron chi connectivity index (χ3n) is 21.3. The van der Waals surface area contributed by atoms with Crippen molar-refractivity contribution in [3.63, 3.8) is 0 Å². The van der Waals surface area contributed by atoms with Crippen LogP contribution in [0.3, 0.4) is 0 Å². The van der Waals surface area contributed by atoms with E-state index in [9.17, 15) is 24.6 Å². The molecular weight excluding hydrogens is 1020 g/mol. The topological polar surface area (TPSA) is 103 Å². The fourth-order valence-corrected chi connectivity index (χ4v) is 16.3. The molecule has 8 nitrogen and oxygen atoms in total. The van der Waals surface area contributed by atoms with E-state index in [-0.39, 0.29) is 29.5 Å². The Morgan fingerprint density at radius 1 is 0.434 bits per heavy atom. The van der Waals surface area contributed by atoms with Crippen molar-refractivity contribution in [2.24, 2.45) is 47.3 Å². The van der Waals surface area contributed by atoms with Crippen molar-refractivity contribution in [3.8, 4) is 11.8 Å². The molecule has 4 rings (SSSR count). The lowest BCUT2D eigenvalue weighted by molar-refractivity contribution is -0.136. The Kier molecular flexibility index (Phi) is 39.9. The number of unbranched alkanes of at least 4 members (excludes halogenated alkanes) is 31. The second-order valence-electron chi connectivity index (χ2n) is 27.8. The molecule has 0 radical (unpaired) electrons. The third-order valence-corrected chi connectivity index (χ3v) is 21.3. The Morgan fingerprint density at radius 2 is 0.759 bits per heavy atom. The first-order valence-electron chi connectivity index (χ1n) is 37.0. The first-order valence-corrected chi connectivity index (χ1v) is 37.0. The van der Waals surface area contributed by atoms with Gasteiger partial charge in [0.05, 0.1) is 0 Å². The molecule has 8 heteroatoms. The van der Waals surface area contributed by atoms with E-state index in [1.54, 1.807) is 22.5 Å². The van der Waals surface area contributed by atoms with Gasteiger partial charge in [0.25, 0.3) is 11.8 Å². The Balaban J connectivity index is 1.19. The first-order chi connectivity index (χ1) is 40.6. The summed E-state index contributed by atoms with van der Waals surface area (Å²) in [5.41, 5.74) is 0.454. The molecule has 2 N–H and O–H groups in total. The van der Waals surface area contributed by atoms with E-state index in [1.807, 2.05) is 0 Å². The summed E-state index contributed by atoms with van der Waals surface area (Å²) in [6.45, 7) is 15.2. The summed E-state index contributed by atoms with van der Waals surface area (Å²) < 4.78 is 1.62. The van der Waals surface area contributed by atoms with Crippen molar-refractivity contribution in [1.29, 1.82) is 0 Å². The fraction of sp³-hybridized carbons (Fsp3) is 0.880. The summed E-state index contributed by atoms with van der Waals surface area (Å²) in [5.74, 6) is 6.87. The normalized spacial score (nSPS) is 21.9. The van der Waals surface area contributed by atoms with E-state index in [4.69, 9.17) is 0 Å². The number of hydrogen-bond donors (Lipinski definition) is 2. The number of amides is 3. The van der Waals surface area contributed by atoms with Gasteiger partial charge in [0.2, 0.25) is 11.8 Å². The van der Waals surface area contributed by atoms with Gasteiger partial charge in [0, 0.05) is 44.8 Å². The number of anilines is 1. The highest BCUT2D eigenvalue weighted by molar-refractivity contribution is 6.12. The molecule has 480 valence electrons. The van der Waals surface area contributed by atoms with Crippen LogP contribution in [0.4, 0.5) is 5.69 Å². The maximum absolute atomic E-state index is 13.0. The predicted octanol–water partition coefficient (Wildman–Crippen LogP) is 22.3. The van der Waals surface area contributed by atoms with Crippen LogP contribution in [0.25, 0.3) is 0 Å². The molecule has 2 aliphatic carbocycles. The minimum atomic E-state index is -0.155. The van der Waals surface area contributed by atoms with Crippen molar-refractivity contribution in [2.75, 3.05) is 18.0 Å². The van der Waals surface area contributed by atoms with Gasteiger partial charge in [0.1, 0.15) is 5.69 Å². The van der Waals surface area contributed by atoms with E-state index in [1.165, 1.54) is 293 Å². The van der Waals surface area contributed by atoms with E-state index in [0.717, 1.165) is 85.9 Å². The number of aromatic hydroxyl groups is 2. The van der Waals surface area contributed by atoms with Crippen LogP contribution in [0.5, 0.6) is 11.8 Å². The van der Waals surface area contributed by atoms with Crippen LogP contribution in [0.2, 0.25) is 0 Å². The van der Waals surface area contributed by atoms with E-state index >= 15 is 0 Å². The molecule has 3 aliphatic rings. The molecule has 0 aromatic carbocycles. The molecule has 8 unspecified atom stereocenters. The lowest BCUT2D eigenvalue weighted by Crippen LogP contribution is -2.35. The van der Waals surface area contributed by atoms with Gasteiger partial charge in [-0.15, -0.1) is 0 Å². The number of imide groups is 1. The summed E-state index contributed by atoms with van der Waals surface area (Å²) in [5, 5.41) is 22.5. The fourth-order valence-electron chi connectivity index (χ4n) is 16.3. The molecule has 0 bridgehead atoms. The van der Waals surface area contributed by atoms with Gasteiger partial charge >= 0.3 is 0 Å². The highest BCUT2D eigenvalue weighted by Gasteiger charge is 2.39. The van der Waals surface area contributed by atoms with Crippen molar-refractivity contribution in [3.05, 3.63) is 18.2 Å². The highest BCUT2D eigenvalue weighted by Crippen LogP contribution is 2.49. The molecule has 2 fully saturated rings. The zero-order valence-electron chi connectivity index (χ0n) is 55.6. The summed E-state index contributed by atoms with van der Waals surface area (Å²) in [6.07, 6.45) is 67.5. The minimum Gasteiger partial charge on any atom is -0.494 e. The second kappa shape index (κ2) is 45.5. The number of nitrogens with zero attached hydrogens (tertiary/aromatic N) is 3. The molecule has 83 heavy (non-hydrogen) atoms. The summed E-state index contributed by atoms with van der Waals surface area (Å²) in [6, 6.07) is 1.61. The maximum Gasteiger partial charge on any atom is 0.253 e. The van der Waals surface area contributed by atoms with Gasteiger partial charge < -0.3 is 15.1 Å². The van der Waals surface area contributed by atoms with Crippen LogP contribution >= 0.6 is 0 Å². The number of carbonyl (C=O) groups is 3. The number of hydrogen-bond acceptors (Lipinski definition) is 5. The second-order valence-corrected chi connectivity index (χ2v) is 27.8. The highest BCUT2D eigenvalue weighted by atomic mass is 16.3. The van der Waals surface area contributed by atoms with Crippen LogP contribution < -0.4 is 4.90 Å². The van der Waals surface area contributed by atoms with Crippen LogP contribution in [0, 0.1) is 47.3 Å². The van der Waals surface area contributed by atoms with E-state index in [2.05, 4.69) is 34.6 Å². The van der Waals surface area contributed by atoms with Gasteiger partial charge in [-0.2, -0.15) is 0 Å². The monoisotopic (exact) mass is 1160 g/mol. The van der Waals surface area contributed by atoms with Crippen molar-refractivity contribution in [1.82, 2.24) is 9.47 Å². The zero-order chi connectivity index (χ0) is 59.7. The Hall–Kier alpha value is -2.77. The molecular formula is C75H135N3O5. The lowest BCUT2D eigenvalue weighted by Gasteiger charge is -2.44. The smallest absolute Gasteiger partial charge is 0.253 e. The SMILES string of the molecule is CCCCCCCCC1C(CCCCCC)CCC(C)C1CCCCCCCCN(C(C)=O)c1cc(O)n(CCCCCCCCC2C(CCCCCCCCN3C(=O)C=CC3=O)CCC(CCCCCC)C2CCCCCCCC)c1O. The molecule has 2 heterocycles. The van der Waals surface area contributed by atoms with Crippen LogP contribution in [0.1, 0.15) is 356 Å². The molecule has 3 amide bonds. The van der Waals surface area contributed by atoms with Crippen molar-refractivity contribution >= 4 is 23.4 Å². The van der Waals surface area contributed by atoms with Gasteiger partial charge in [-0.1, -0.05) is 285 Å². The van der Waals surface area contributed by atoms with Crippen molar-refractivity contribution in [2.45, 2.75) is 363 Å². The van der Waals surface area contributed by atoms with Crippen LogP contribution in [-0.2, 0) is 20.9 Å². The minimum absolute atomic E-state index is 0.0252. The Morgan fingerprint density at radius 3 is 1.18 bits per heavy atom.